The number of hydrogen-bond acceptors (Lipinski definition) is 11. The molecule has 0 saturated carbocycles. The van der Waals surface area contributed by atoms with E-state index in [1.165, 1.54) is 35.6 Å². The molecule has 13 heteroatoms. The smallest absolute Gasteiger partial charge is 0.280 e. The number of rotatable bonds is 7. The number of thiazole rings is 1. The molecule has 2 aliphatic rings. The summed E-state index contributed by atoms with van der Waals surface area (Å²) in [6.07, 6.45) is 0.845. The van der Waals surface area contributed by atoms with Crippen molar-refractivity contribution in [2.45, 2.75) is 29.1 Å². The second-order valence-electron chi connectivity index (χ2n) is 8.12. The second-order valence-corrected chi connectivity index (χ2v) is 11.3. The fourth-order valence-corrected chi connectivity index (χ4v) is 6.16. The quantitative estimate of drug-likeness (QED) is 0.353. The van der Waals surface area contributed by atoms with Gasteiger partial charge in [0.05, 0.1) is 30.0 Å². The van der Waals surface area contributed by atoms with Crippen LogP contribution in [-0.4, -0.2) is 67.8 Å². The largest absolute Gasteiger partial charge is 0.389 e. The van der Waals surface area contributed by atoms with Crippen LogP contribution in [-0.2, 0) is 28.9 Å². The van der Waals surface area contributed by atoms with Gasteiger partial charge in [0, 0.05) is 18.6 Å². The number of anilines is 2. The molecular formula is C22H23N5O6S2. The Balaban J connectivity index is 1.41. The molecule has 4 heterocycles. The van der Waals surface area contributed by atoms with E-state index in [1.54, 1.807) is 12.1 Å². The van der Waals surface area contributed by atoms with Gasteiger partial charge in [0.25, 0.3) is 5.91 Å². The number of benzene rings is 1. The number of hydrogen-bond donors (Lipinski definition) is 2. The van der Waals surface area contributed by atoms with Crippen LogP contribution in [0.1, 0.15) is 18.4 Å². The Kier molecular flexibility index (Phi) is 6.65. The summed E-state index contributed by atoms with van der Waals surface area (Å²) in [5.74, 6) is -0.205. The molecule has 184 valence electrons. The number of sulfone groups is 1. The minimum Gasteiger partial charge on any atom is -0.389 e. The molecule has 0 radical (unpaired) electrons. The van der Waals surface area contributed by atoms with Crippen LogP contribution in [0.4, 0.5) is 10.9 Å². The third-order valence-corrected chi connectivity index (χ3v) is 8.74. The zero-order valence-electron chi connectivity index (χ0n) is 18.5. The van der Waals surface area contributed by atoms with Crippen molar-refractivity contribution < 1.29 is 27.5 Å². The predicted molar refractivity (Wildman–Crippen MR) is 130 cm³/mol. The molecule has 2 saturated heterocycles. The molecule has 0 spiro atoms. The Morgan fingerprint density at radius 2 is 1.86 bits per heavy atom. The van der Waals surface area contributed by atoms with Gasteiger partial charge in [0.1, 0.15) is 16.2 Å². The van der Waals surface area contributed by atoms with E-state index in [0.717, 1.165) is 0 Å². The summed E-state index contributed by atoms with van der Waals surface area (Å²) in [6, 6.07) is 9.36. The van der Waals surface area contributed by atoms with Gasteiger partial charge in [-0.15, -0.1) is 0 Å². The molecular weight excluding hydrogens is 494 g/mol. The number of nitrogen functional groups attached to an aromatic ring is 1. The maximum absolute atomic E-state index is 13.2. The molecule has 0 aliphatic carbocycles. The lowest BCUT2D eigenvalue weighted by atomic mass is 10.1. The Hall–Kier alpha value is -3.13. The molecule has 2 atom stereocenters. The summed E-state index contributed by atoms with van der Waals surface area (Å²) in [7, 11) is -3.53. The third-order valence-electron chi connectivity index (χ3n) is 5.68. The number of oxime groups is 1. The Labute approximate surface area is 205 Å². The van der Waals surface area contributed by atoms with Gasteiger partial charge in [0.2, 0.25) is 0 Å². The molecule has 3 N–H and O–H groups in total. The molecule has 1 amide bonds. The lowest BCUT2D eigenvalue weighted by Crippen LogP contribution is -2.25. The van der Waals surface area contributed by atoms with Crippen LogP contribution in [0, 0.1) is 0 Å². The SMILES string of the molecule is Nc1ccc2nc(NC(=O)C(=NO[C@@H]3CCOC3)c3ccc(S(=O)(=O)[C@H]4CCOC4)cc3)sc2n1. The summed E-state index contributed by atoms with van der Waals surface area (Å²) in [5, 5.41) is 6.58. The van der Waals surface area contributed by atoms with E-state index >= 15 is 0 Å². The summed E-state index contributed by atoms with van der Waals surface area (Å²) in [6.45, 7) is 1.54. The van der Waals surface area contributed by atoms with Gasteiger partial charge in [-0.25, -0.2) is 18.4 Å². The van der Waals surface area contributed by atoms with Crippen molar-refractivity contribution in [3.05, 3.63) is 42.0 Å². The summed E-state index contributed by atoms with van der Waals surface area (Å²) >= 11 is 1.17. The number of carbonyl (C=O) groups is 1. The zero-order valence-corrected chi connectivity index (χ0v) is 20.2. The van der Waals surface area contributed by atoms with Crippen LogP contribution in [0.5, 0.6) is 0 Å². The van der Waals surface area contributed by atoms with Crippen LogP contribution in [0.2, 0.25) is 0 Å². The van der Waals surface area contributed by atoms with E-state index in [-0.39, 0.29) is 23.3 Å². The molecule has 0 unspecified atom stereocenters. The van der Waals surface area contributed by atoms with Crippen molar-refractivity contribution in [2.75, 3.05) is 37.5 Å². The topological polar surface area (TPSA) is 155 Å². The van der Waals surface area contributed by atoms with Gasteiger partial charge in [-0.05, 0) is 30.7 Å². The average molecular weight is 518 g/mol. The fraction of sp³-hybridized carbons (Fsp3) is 0.364. The van der Waals surface area contributed by atoms with E-state index in [1.807, 2.05) is 0 Å². The van der Waals surface area contributed by atoms with E-state index in [2.05, 4.69) is 20.4 Å². The lowest BCUT2D eigenvalue weighted by molar-refractivity contribution is -0.110. The normalized spacial score (nSPS) is 20.9. The molecule has 35 heavy (non-hydrogen) atoms. The standard InChI is InChI=1S/C22H23N5O6S2/c23-18-6-5-17-21(25-18)34-22(24-17)26-20(28)19(27-33-14-7-9-31-11-14)13-1-3-15(4-2-13)35(29,30)16-8-10-32-12-16/h1-6,14,16H,7-12H2,(H2,23,25)(H,24,26,28)/t14-,16+/m1/s1. The molecule has 3 aromatic rings. The first-order valence-electron chi connectivity index (χ1n) is 11.0. The number of ether oxygens (including phenoxy) is 2. The average Bonchev–Trinajstić information content (AvgIpc) is 3.61. The number of amides is 1. The summed E-state index contributed by atoms with van der Waals surface area (Å²) < 4.78 is 36.2. The number of nitrogens with two attached hydrogens (primary N) is 1. The Bertz CT molecular complexity index is 1360. The van der Waals surface area contributed by atoms with E-state index < -0.39 is 21.0 Å². The maximum Gasteiger partial charge on any atom is 0.280 e. The first-order valence-corrected chi connectivity index (χ1v) is 13.3. The zero-order chi connectivity index (χ0) is 24.4. The van der Waals surface area contributed by atoms with Gasteiger partial charge >= 0.3 is 0 Å². The van der Waals surface area contributed by atoms with Crippen molar-refractivity contribution in [1.82, 2.24) is 9.97 Å². The summed E-state index contributed by atoms with van der Waals surface area (Å²) in [5.41, 5.74) is 6.70. The van der Waals surface area contributed by atoms with Gasteiger partial charge < -0.3 is 20.0 Å². The highest BCUT2D eigenvalue weighted by Gasteiger charge is 2.31. The highest BCUT2D eigenvalue weighted by atomic mass is 32.2. The molecule has 5 rings (SSSR count). The number of carbonyl (C=O) groups excluding carboxylic acids is 1. The highest BCUT2D eigenvalue weighted by molar-refractivity contribution is 7.92. The van der Waals surface area contributed by atoms with E-state index in [9.17, 15) is 13.2 Å². The van der Waals surface area contributed by atoms with E-state index in [0.29, 0.717) is 59.5 Å². The highest BCUT2D eigenvalue weighted by Crippen LogP contribution is 2.26. The van der Waals surface area contributed by atoms with Crippen LogP contribution in [0.15, 0.2) is 46.4 Å². The minimum atomic E-state index is -3.53. The molecule has 1 aromatic carbocycles. The Morgan fingerprint density at radius 1 is 1.09 bits per heavy atom. The van der Waals surface area contributed by atoms with Crippen molar-refractivity contribution in [1.29, 1.82) is 0 Å². The first kappa shape index (κ1) is 23.6. The lowest BCUT2D eigenvalue weighted by Gasteiger charge is -2.12. The monoisotopic (exact) mass is 517 g/mol. The van der Waals surface area contributed by atoms with Gasteiger partial charge in [-0.2, -0.15) is 0 Å². The van der Waals surface area contributed by atoms with Crippen LogP contribution in [0.25, 0.3) is 10.3 Å². The third kappa shape index (κ3) is 5.12. The van der Waals surface area contributed by atoms with Crippen molar-refractivity contribution in [3.8, 4) is 0 Å². The first-order chi connectivity index (χ1) is 16.9. The molecule has 0 bridgehead atoms. The maximum atomic E-state index is 13.2. The van der Waals surface area contributed by atoms with Gasteiger partial charge in [-0.1, -0.05) is 28.6 Å². The van der Waals surface area contributed by atoms with Gasteiger partial charge in [-0.3, -0.25) is 10.1 Å². The second kappa shape index (κ2) is 9.85. The fourth-order valence-electron chi connectivity index (χ4n) is 3.74. The number of nitrogens with zero attached hydrogens (tertiary/aromatic N) is 3. The van der Waals surface area contributed by atoms with E-state index in [4.69, 9.17) is 20.0 Å². The van der Waals surface area contributed by atoms with Crippen molar-refractivity contribution in [2.24, 2.45) is 5.16 Å². The van der Waals surface area contributed by atoms with Crippen LogP contribution >= 0.6 is 11.3 Å². The molecule has 11 nitrogen and oxygen atoms in total. The van der Waals surface area contributed by atoms with Crippen molar-refractivity contribution >= 4 is 54.1 Å². The molecule has 2 aliphatic heterocycles. The predicted octanol–water partition coefficient (Wildman–Crippen LogP) is 1.98. The van der Waals surface area contributed by atoms with Gasteiger partial charge in [0.15, 0.2) is 26.8 Å². The number of pyridine rings is 1. The number of fused-ring (bicyclic) bond motifs is 1. The van der Waals surface area contributed by atoms with Crippen molar-refractivity contribution in [3.63, 3.8) is 0 Å². The van der Waals surface area contributed by atoms with Crippen LogP contribution in [0.3, 0.4) is 0 Å². The van der Waals surface area contributed by atoms with Crippen LogP contribution < -0.4 is 11.1 Å². The summed E-state index contributed by atoms with van der Waals surface area (Å²) in [4.78, 5) is 28.1. The minimum absolute atomic E-state index is 0.0169. The number of nitrogens with one attached hydrogen (secondary N) is 1. The number of aromatic nitrogens is 2. The Morgan fingerprint density at radius 3 is 2.57 bits per heavy atom. The molecule has 2 fully saturated rings. The molecule has 2 aromatic heterocycles.